The molecule has 1 saturated heterocycles. The average molecular weight is 280 g/mol. The number of methoxy groups -OCH3 is 2. The molecule has 2 unspecified atom stereocenters. The highest BCUT2D eigenvalue weighted by molar-refractivity contribution is 5.43. The molecule has 1 aliphatic heterocycles. The van der Waals surface area contributed by atoms with Gasteiger partial charge in [0.15, 0.2) is 11.5 Å². The predicted molar refractivity (Wildman–Crippen MR) is 78.4 cm³/mol. The Morgan fingerprint density at radius 2 is 1.80 bits per heavy atom. The van der Waals surface area contributed by atoms with E-state index in [2.05, 4.69) is 17.1 Å². The Balaban J connectivity index is 2.13. The van der Waals surface area contributed by atoms with Gasteiger partial charge in [-0.3, -0.25) is 4.90 Å². The minimum absolute atomic E-state index is 0.0789. The number of rotatable bonds is 5. The lowest BCUT2D eigenvalue weighted by Gasteiger charge is -2.35. The second kappa shape index (κ2) is 6.92. The lowest BCUT2D eigenvalue weighted by Crippen LogP contribution is -2.49. The zero-order valence-corrected chi connectivity index (χ0v) is 12.4. The summed E-state index contributed by atoms with van der Waals surface area (Å²) >= 11 is 0. The molecule has 2 N–H and O–H groups in total. The Bertz CT molecular complexity index is 433. The van der Waals surface area contributed by atoms with Gasteiger partial charge in [-0.15, -0.1) is 0 Å². The Morgan fingerprint density at radius 1 is 1.15 bits per heavy atom. The molecule has 1 fully saturated rings. The van der Waals surface area contributed by atoms with Gasteiger partial charge in [-0.2, -0.15) is 0 Å². The number of nitrogens with one attached hydrogen (secondary N) is 1. The monoisotopic (exact) mass is 280 g/mol. The molecule has 0 amide bonds. The largest absolute Gasteiger partial charge is 0.493 e. The maximum atomic E-state index is 10.6. The summed E-state index contributed by atoms with van der Waals surface area (Å²) in [5.41, 5.74) is 0.855. The number of aliphatic hydroxyl groups excluding tert-OH is 1. The van der Waals surface area contributed by atoms with Gasteiger partial charge in [-0.05, 0) is 24.6 Å². The van der Waals surface area contributed by atoms with Gasteiger partial charge in [0.25, 0.3) is 0 Å². The summed E-state index contributed by atoms with van der Waals surface area (Å²) < 4.78 is 10.5. The van der Waals surface area contributed by atoms with Gasteiger partial charge >= 0.3 is 0 Å². The summed E-state index contributed by atoms with van der Waals surface area (Å²) in [7, 11) is 3.21. The fourth-order valence-corrected chi connectivity index (χ4v) is 2.60. The fraction of sp³-hybridized carbons (Fsp3) is 0.600. The summed E-state index contributed by atoms with van der Waals surface area (Å²) in [6.45, 7) is 5.94. The van der Waals surface area contributed by atoms with E-state index in [0.717, 1.165) is 31.7 Å². The molecule has 5 nitrogen and oxygen atoms in total. The molecule has 0 aliphatic carbocycles. The van der Waals surface area contributed by atoms with E-state index >= 15 is 0 Å². The van der Waals surface area contributed by atoms with Crippen molar-refractivity contribution < 1.29 is 14.6 Å². The van der Waals surface area contributed by atoms with Gasteiger partial charge in [0.05, 0.1) is 20.3 Å². The third-order valence-electron chi connectivity index (χ3n) is 3.93. The van der Waals surface area contributed by atoms with Crippen molar-refractivity contribution >= 4 is 0 Å². The molecule has 0 saturated carbocycles. The molecule has 0 bridgehead atoms. The molecule has 20 heavy (non-hydrogen) atoms. The van der Waals surface area contributed by atoms with Crippen LogP contribution in [-0.4, -0.2) is 56.4 Å². The van der Waals surface area contributed by atoms with Crippen molar-refractivity contribution in [3.63, 3.8) is 0 Å². The van der Waals surface area contributed by atoms with Crippen molar-refractivity contribution in [2.45, 2.75) is 19.1 Å². The van der Waals surface area contributed by atoms with Crippen LogP contribution in [0, 0.1) is 0 Å². The van der Waals surface area contributed by atoms with Gasteiger partial charge in [0.2, 0.25) is 0 Å². The van der Waals surface area contributed by atoms with E-state index in [4.69, 9.17) is 9.47 Å². The molecule has 1 aromatic carbocycles. The van der Waals surface area contributed by atoms with Crippen LogP contribution >= 0.6 is 0 Å². The SMILES string of the molecule is COc1ccc(C(O)C(C)N2CCNCC2)cc1OC. The van der Waals surface area contributed by atoms with E-state index in [0.29, 0.717) is 11.5 Å². The van der Waals surface area contributed by atoms with Gasteiger partial charge in [-0.1, -0.05) is 6.07 Å². The molecule has 2 atom stereocenters. The number of piperazine rings is 1. The number of benzene rings is 1. The highest BCUT2D eigenvalue weighted by Crippen LogP contribution is 2.31. The maximum Gasteiger partial charge on any atom is 0.161 e. The van der Waals surface area contributed by atoms with Crippen LogP contribution in [0.3, 0.4) is 0 Å². The van der Waals surface area contributed by atoms with E-state index < -0.39 is 6.10 Å². The molecule has 0 spiro atoms. The van der Waals surface area contributed by atoms with Crippen LogP contribution in [0.1, 0.15) is 18.6 Å². The summed E-state index contributed by atoms with van der Waals surface area (Å²) in [5.74, 6) is 1.33. The first-order valence-corrected chi connectivity index (χ1v) is 7.02. The molecular formula is C15H24N2O3. The lowest BCUT2D eigenvalue weighted by atomic mass is 10.0. The van der Waals surface area contributed by atoms with Crippen LogP contribution in [0.5, 0.6) is 11.5 Å². The number of ether oxygens (including phenoxy) is 2. The van der Waals surface area contributed by atoms with E-state index in [1.165, 1.54) is 0 Å². The predicted octanol–water partition coefficient (Wildman–Crippen LogP) is 1.03. The van der Waals surface area contributed by atoms with E-state index in [9.17, 15) is 5.11 Å². The first kappa shape index (κ1) is 15.1. The second-order valence-electron chi connectivity index (χ2n) is 5.09. The van der Waals surface area contributed by atoms with Crippen molar-refractivity contribution in [1.29, 1.82) is 0 Å². The quantitative estimate of drug-likeness (QED) is 0.844. The molecule has 1 heterocycles. The molecule has 0 radical (unpaired) electrons. The molecule has 112 valence electrons. The number of hydrogen-bond acceptors (Lipinski definition) is 5. The summed E-state index contributed by atoms with van der Waals surface area (Å²) in [6.07, 6.45) is -0.534. The topological polar surface area (TPSA) is 54.0 Å². The van der Waals surface area contributed by atoms with E-state index in [1.807, 2.05) is 18.2 Å². The maximum absolute atomic E-state index is 10.6. The number of hydrogen-bond donors (Lipinski definition) is 2. The molecule has 1 aromatic rings. The third kappa shape index (κ3) is 3.23. The highest BCUT2D eigenvalue weighted by Gasteiger charge is 2.25. The summed E-state index contributed by atoms with van der Waals surface area (Å²) in [4.78, 5) is 2.30. The second-order valence-corrected chi connectivity index (χ2v) is 5.09. The van der Waals surface area contributed by atoms with Gasteiger partial charge in [0.1, 0.15) is 0 Å². The van der Waals surface area contributed by atoms with Crippen LogP contribution in [0.25, 0.3) is 0 Å². The first-order chi connectivity index (χ1) is 9.67. The normalized spacial score (nSPS) is 19.4. The van der Waals surface area contributed by atoms with Crippen LogP contribution in [-0.2, 0) is 0 Å². The van der Waals surface area contributed by atoms with Crippen molar-refractivity contribution in [2.24, 2.45) is 0 Å². The lowest BCUT2D eigenvalue weighted by molar-refractivity contribution is 0.0508. The number of aliphatic hydroxyl groups is 1. The average Bonchev–Trinajstić information content (AvgIpc) is 2.53. The van der Waals surface area contributed by atoms with E-state index in [-0.39, 0.29) is 6.04 Å². The van der Waals surface area contributed by atoms with Crippen LogP contribution in [0.4, 0.5) is 0 Å². The van der Waals surface area contributed by atoms with Crippen molar-refractivity contribution in [3.8, 4) is 11.5 Å². The summed E-state index contributed by atoms with van der Waals surface area (Å²) in [6, 6.07) is 5.66. The Morgan fingerprint density at radius 3 is 2.40 bits per heavy atom. The molecule has 5 heteroatoms. The fourth-order valence-electron chi connectivity index (χ4n) is 2.60. The molecule has 1 aliphatic rings. The molecule has 0 aromatic heterocycles. The Kier molecular flexibility index (Phi) is 5.23. The van der Waals surface area contributed by atoms with Crippen LogP contribution in [0.2, 0.25) is 0 Å². The first-order valence-electron chi connectivity index (χ1n) is 7.02. The van der Waals surface area contributed by atoms with Crippen molar-refractivity contribution in [1.82, 2.24) is 10.2 Å². The zero-order valence-electron chi connectivity index (χ0n) is 12.4. The molecular weight excluding hydrogens is 256 g/mol. The summed E-state index contributed by atoms with van der Waals surface area (Å²) in [5, 5.41) is 13.9. The van der Waals surface area contributed by atoms with Gasteiger partial charge in [0, 0.05) is 32.2 Å². The Labute approximate surface area is 120 Å². The minimum atomic E-state index is -0.534. The van der Waals surface area contributed by atoms with Crippen LogP contribution < -0.4 is 14.8 Å². The van der Waals surface area contributed by atoms with Crippen LogP contribution in [0.15, 0.2) is 18.2 Å². The minimum Gasteiger partial charge on any atom is -0.493 e. The molecule has 2 rings (SSSR count). The standard InChI is InChI=1S/C15H24N2O3/c1-11(17-8-6-16-7-9-17)15(18)12-4-5-13(19-2)14(10-12)20-3/h4-5,10-11,15-16,18H,6-9H2,1-3H3. The number of nitrogens with zero attached hydrogens (tertiary/aromatic N) is 1. The van der Waals surface area contributed by atoms with Gasteiger partial charge < -0.3 is 19.9 Å². The van der Waals surface area contributed by atoms with Crippen molar-refractivity contribution in [3.05, 3.63) is 23.8 Å². The Hall–Kier alpha value is -1.30. The zero-order chi connectivity index (χ0) is 14.5. The highest BCUT2D eigenvalue weighted by atomic mass is 16.5. The van der Waals surface area contributed by atoms with Gasteiger partial charge in [-0.25, -0.2) is 0 Å². The van der Waals surface area contributed by atoms with Crippen molar-refractivity contribution in [2.75, 3.05) is 40.4 Å². The third-order valence-corrected chi connectivity index (χ3v) is 3.93. The van der Waals surface area contributed by atoms with E-state index in [1.54, 1.807) is 14.2 Å². The smallest absolute Gasteiger partial charge is 0.161 e.